The quantitative estimate of drug-likeness (QED) is 0.559. The Bertz CT molecular complexity index is 852. The minimum atomic E-state index is -0.268. The molecule has 0 radical (unpaired) electrons. The molecule has 1 heterocycles. The fraction of sp³-hybridized carbons (Fsp3) is 0.188. The van der Waals surface area contributed by atoms with Crippen LogP contribution in [0.4, 0.5) is 10.1 Å². The summed E-state index contributed by atoms with van der Waals surface area (Å²) in [6.45, 7) is 0. The number of imidazole rings is 1. The minimum absolute atomic E-state index is 0.0353. The van der Waals surface area contributed by atoms with E-state index in [9.17, 15) is 9.50 Å². The van der Waals surface area contributed by atoms with E-state index in [4.69, 9.17) is 5.73 Å². The van der Waals surface area contributed by atoms with E-state index in [-0.39, 0.29) is 11.6 Å². The molecule has 0 bridgehead atoms. The van der Waals surface area contributed by atoms with E-state index in [1.54, 1.807) is 18.2 Å². The number of nitrogen functional groups attached to an aromatic ring is 1. The second-order valence-corrected chi connectivity index (χ2v) is 5.44. The molecule has 0 spiro atoms. The van der Waals surface area contributed by atoms with Crippen LogP contribution >= 0.6 is 0 Å². The molecule has 0 unspecified atom stereocenters. The summed E-state index contributed by atoms with van der Waals surface area (Å²) in [5, 5.41) is 9.80. The number of hydrogen-bond donors (Lipinski definition) is 2. The van der Waals surface area contributed by atoms with Gasteiger partial charge in [0.25, 0.3) is 0 Å². The van der Waals surface area contributed by atoms with Gasteiger partial charge in [-0.2, -0.15) is 0 Å². The Kier molecular flexibility index (Phi) is 2.45. The first kappa shape index (κ1) is 12.2. The highest BCUT2D eigenvalue weighted by Crippen LogP contribution is 2.42. The van der Waals surface area contributed by atoms with Crippen molar-refractivity contribution < 1.29 is 9.50 Å². The topological polar surface area (TPSA) is 64.1 Å². The zero-order chi connectivity index (χ0) is 14.6. The number of rotatable bonds is 2. The number of halogens is 1. The highest BCUT2D eigenvalue weighted by Gasteiger charge is 2.29. The minimum Gasteiger partial charge on any atom is -0.506 e. The lowest BCUT2D eigenvalue weighted by Crippen LogP contribution is -1.98. The fourth-order valence-corrected chi connectivity index (χ4v) is 2.65. The number of fused-ring (bicyclic) bond motifs is 1. The third-order valence-corrected chi connectivity index (χ3v) is 3.85. The first-order valence-corrected chi connectivity index (χ1v) is 6.90. The number of benzene rings is 2. The van der Waals surface area contributed by atoms with Gasteiger partial charge in [0.15, 0.2) is 0 Å². The van der Waals surface area contributed by atoms with Crippen LogP contribution in [0.3, 0.4) is 0 Å². The molecule has 1 aromatic heterocycles. The molecule has 106 valence electrons. The molecule has 5 heteroatoms. The van der Waals surface area contributed by atoms with E-state index in [2.05, 4.69) is 9.55 Å². The Morgan fingerprint density at radius 2 is 2.00 bits per heavy atom. The van der Waals surface area contributed by atoms with Crippen LogP contribution < -0.4 is 5.73 Å². The van der Waals surface area contributed by atoms with Crippen LogP contribution in [0.15, 0.2) is 36.4 Å². The summed E-state index contributed by atoms with van der Waals surface area (Å²) in [7, 11) is 0. The van der Waals surface area contributed by atoms with Gasteiger partial charge in [-0.15, -0.1) is 0 Å². The molecule has 0 aliphatic heterocycles. The number of hydrogen-bond acceptors (Lipinski definition) is 3. The van der Waals surface area contributed by atoms with E-state index in [0.29, 0.717) is 11.7 Å². The van der Waals surface area contributed by atoms with E-state index in [0.717, 1.165) is 35.3 Å². The van der Waals surface area contributed by atoms with E-state index in [1.807, 2.05) is 6.07 Å². The number of phenolic OH excluding ortho intramolecular Hbond substituents is 1. The lowest BCUT2D eigenvalue weighted by Gasteiger charge is -2.08. The standard InChI is InChI=1S/C16H14FN3O/c17-10-2-6-13-14(8-10)20(11-3-4-11)16(19-13)9-1-5-12(18)15(21)7-9/h1-2,5-8,11,21H,3-4,18H2. The van der Waals surface area contributed by atoms with Crippen LogP contribution in [0.5, 0.6) is 5.75 Å². The van der Waals surface area contributed by atoms with Gasteiger partial charge in [0.2, 0.25) is 0 Å². The van der Waals surface area contributed by atoms with Gasteiger partial charge in [0, 0.05) is 11.6 Å². The Labute approximate surface area is 120 Å². The summed E-state index contributed by atoms with van der Waals surface area (Å²) in [6.07, 6.45) is 2.13. The molecule has 2 aromatic carbocycles. The van der Waals surface area contributed by atoms with Crippen molar-refractivity contribution in [3.8, 4) is 17.1 Å². The van der Waals surface area contributed by atoms with Crippen molar-refractivity contribution >= 4 is 16.7 Å². The summed E-state index contributed by atoms with van der Waals surface area (Å²) in [4.78, 5) is 4.60. The smallest absolute Gasteiger partial charge is 0.141 e. The molecule has 1 fully saturated rings. The van der Waals surface area contributed by atoms with Gasteiger partial charge >= 0.3 is 0 Å². The average molecular weight is 283 g/mol. The summed E-state index contributed by atoms with van der Waals surface area (Å²) in [6, 6.07) is 10.0. The first-order chi connectivity index (χ1) is 10.1. The summed E-state index contributed by atoms with van der Waals surface area (Å²) in [5.74, 6) is 0.512. The third kappa shape index (κ3) is 1.93. The highest BCUT2D eigenvalue weighted by molar-refractivity contribution is 5.82. The molecular weight excluding hydrogens is 269 g/mol. The largest absolute Gasteiger partial charge is 0.506 e. The second-order valence-electron chi connectivity index (χ2n) is 5.44. The van der Waals surface area contributed by atoms with E-state index >= 15 is 0 Å². The molecule has 0 saturated heterocycles. The fourth-order valence-electron chi connectivity index (χ4n) is 2.65. The molecule has 1 aliphatic carbocycles. The predicted molar refractivity (Wildman–Crippen MR) is 79.5 cm³/mol. The molecule has 1 aliphatic rings. The maximum absolute atomic E-state index is 13.5. The van der Waals surface area contributed by atoms with Crippen molar-refractivity contribution in [1.29, 1.82) is 0 Å². The van der Waals surface area contributed by atoms with Crippen LogP contribution in [0, 0.1) is 5.82 Å². The molecule has 4 nitrogen and oxygen atoms in total. The lowest BCUT2D eigenvalue weighted by atomic mass is 10.2. The lowest BCUT2D eigenvalue weighted by molar-refractivity contribution is 0.478. The van der Waals surface area contributed by atoms with Gasteiger partial charge in [-0.05, 0) is 49.2 Å². The second kappa shape index (κ2) is 4.22. The summed E-state index contributed by atoms with van der Waals surface area (Å²) < 4.78 is 15.6. The van der Waals surface area contributed by atoms with Crippen molar-refractivity contribution in [3.05, 3.63) is 42.2 Å². The molecule has 4 rings (SSSR count). The van der Waals surface area contributed by atoms with Crippen molar-refractivity contribution in [2.45, 2.75) is 18.9 Å². The van der Waals surface area contributed by atoms with Crippen LogP contribution in [-0.4, -0.2) is 14.7 Å². The maximum Gasteiger partial charge on any atom is 0.141 e. The van der Waals surface area contributed by atoms with Crippen molar-refractivity contribution in [3.63, 3.8) is 0 Å². The number of nitrogens with two attached hydrogens (primary N) is 1. The zero-order valence-corrected chi connectivity index (χ0v) is 11.3. The van der Waals surface area contributed by atoms with Crippen LogP contribution in [0.2, 0.25) is 0 Å². The summed E-state index contributed by atoms with van der Waals surface area (Å²) >= 11 is 0. The normalized spacial score (nSPS) is 14.7. The molecule has 0 atom stereocenters. The number of aromatic nitrogens is 2. The van der Waals surface area contributed by atoms with Gasteiger partial charge < -0.3 is 15.4 Å². The Morgan fingerprint density at radius 1 is 1.19 bits per heavy atom. The molecular formula is C16H14FN3O. The van der Waals surface area contributed by atoms with Crippen molar-refractivity contribution in [2.75, 3.05) is 5.73 Å². The van der Waals surface area contributed by atoms with Crippen LogP contribution in [0.25, 0.3) is 22.4 Å². The molecule has 3 N–H and O–H groups in total. The van der Waals surface area contributed by atoms with Gasteiger partial charge in [-0.3, -0.25) is 0 Å². The first-order valence-electron chi connectivity index (χ1n) is 6.90. The van der Waals surface area contributed by atoms with Crippen molar-refractivity contribution in [2.24, 2.45) is 0 Å². The van der Waals surface area contributed by atoms with Crippen molar-refractivity contribution in [1.82, 2.24) is 9.55 Å². The van der Waals surface area contributed by atoms with Gasteiger partial charge in [0.05, 0.1) is 16.7 Å². The van der Waals surface area contributed by atoms with Gasteiger partial charge in [-0.1, -0.05) is 0 Å². The number of nitrogens with zero attached hydrogens (tertiary/aromatic N) is 2. The monoisotopic (exact) mass is 283 g/mol. The van der Waals surface area contributed by atoms with Gasteiger partial charge in [0.1, 0.15) is 17.4 Å². The van der Waals surface area contributed by atoms with Crippen LogP contribution in [0.1, 0.15) is 18.9 Å². The number of anilines is 1. The van der Waals surface area contributed by atoms with Gasteiger partial charge in [-0.25, -0.2) is 9.37 Å². The summed E-state index contributed by atoms with van der Waals surface area (Å²) in [5.41, 5.74) is 8.31. The van der Waals surface area contributed by atoms with E-state index in [1.165, 1.54) is 12.1 Å². The molecule has 3 aromatic rings. The maximum atomic E-state index is 13.5. The van der Waals surface area contributed by atoms with Crippen LogP contribution in [-0.2, 0) is 0 Å². The Morgan fingerprint density at radius 3 is 2.71 bits per heavy atom. The highest BCUT2D eigenvalue weighted by atomic mass is 19.1. The molecule has 1 saturated carbocycles. The SMILES string of the molecule is Nc1ccc(-c2nc3ccc(F)cc3n2C2CC2)cc1O. The number of aromatic hydroxyl groups is 1. The Balaban J connectivity index is 1.99. The zero-order valence-electron chi connectivity index (χ0n) is 11.3. The Hall–Kier alpha value is -2.56. The number of phenols is 1. The third-order valence-electron chi connectivity index (χ3n) is 3.85. The van der Waals surface area contributed by atoms with E-state index < -0.39 is 0 Å². The molecule has 0 amide bonds. The molecule has 21 heavy (non-hydrogen) atoms. The average Bonchev–Trinajstić information content (AvgIpc) is 3.23. The predicted octanol–water partition coefficient (Wildman–Crippen LogP) is 3.47.